The summed E-state index contributed by atoms with van der Waals surface area (Å²) in [6, 6.07) is 9.94. The number of para-hydroxylation sites is 1. The van der Waals surface area contributed by atoms with Gasteiger partial charge < -0.3 is 14.6 Å². The summed E-state index contributed by atoms with van der Waals surface area (Å²) < 4.78 is 5.88. The molecule has 1 aliphatic rings. The first kappa shape index (κ1) is 15.1. The standard InChI is InChI=1S/C18H24N2O2/c1-13(17-11-15-5-3-4-6-16(15)22-17)20(2)18(21)8-7-14-9-10-19-12-14/h3-6,11,13-14,19H,7-10,12H2,1-2H3. The Morgan fingerprint density at radius 1 is 1.45 bits per heavy atom. The van der Waals surface area contributed by atoms with Crippen molar-refractivity contribution in [2.24, 2.45) is 5.92 Å². The lowest BCUT2D eigenvalue weighted by molar-refractivity contribution is -0.132. The molecule has 0 radical (unpaired) electrons. The maximum absolute atomic E-state index is 12.4. The molecule has 2 heterocycles. The van der Waals surface area contributed by atoms with Gasteiger partial charge in [-0.15, -0.1) is 0 Å². The second-order valence-corrected chi connectivity index (χ2v) is 6.26. The van der Waals surface area contributed by atoms with Gasteiger partial charge in [0.25, 0.3) is 0 Å². The molecule has 0 saturated carbocycles. The van der Waals surface area contributed by atoms with Crippen molar-refractivity contribution in [2.75, 3.05) is 20.1 Å². The molecule has 1 N–H and O–H groups in total. The Morgan fingerprint density at radius 2 is 2.27 bits per heavy atom. The van der Waals surface area contributed by atoms with E-state index >= 15 is 0 Å². The first-order valence-corrected chi connectivity index (χ1v) is 8.10. The van der Waals surface area contributed by atoms with E-state index in [1.165, 1.54) is 6.42 Å². The third kappa shape index (κ3) is 3.17. The first-order valence-electron chi connectivity index (χ1n) is 8.10. The van der Waals surface area contributed by atoms with Gasteiger partial charge in [0.1, 0.15) is 11.3 Å². The second kappa shape index (κ2) is 6.53. The van der Waals surface area contributed by atoms with Crippen LogP contribution in [0.15, 0.2) is 34.7 Å². The molecule has 1 fully saturated rings. The maximum Gasteiger partial charge on any atom is 0.222 e. The SMILES string of the molecule is CC(c1cc2ccccc2o1)N(C)C(=O)CCC1CCNC1. The van der Waals surface area contributed by atoms with E-state index in [2.05, 4.69) is 5.32 Å². The van der Waals surface area contributed by atoms with Crippen LogP contribution in [0.2, 0.25) is 0 Å². The van der Waals surface area contributed by atoms with Crippen molar-refractivity contribution in [3.63, 3.8) is 0 Å². The number of rotatable bonds is 5. The van der Waals surface area contributed by atoms with Crippen LogP contribution >= 0.6 is 0 Å². The molecule has 1 aromatic carbocycles. The van der Waals surface area contributed by atoms with E-state index in [-0.39, 0.29) is 11.9 Å². The smallest absolute Gasteiger partial charge is 0.222 e. The molecule has 1 amide bonds. The van der Waals surface area contributed by atoms with Gasteiger partial charge in [-0.1, -0.05) is 18.2 Å². The number of benzene rings is 1. The molecule has 1 aromatic heterocycles. The molecule has 118 valence electrons. The van der Waals surface area contributed by atoms with Gasteiger partial charge in [-0.25, -0.2) is 0 Å². The molecule has 0 bridgehead atoms. The lowest BCUT2D eigenvalue weighted by Gasteiger charge is -2.23. The van der Waals surface area contributed by atoms with Crippen LogP contribution in [0, 0.1) is 5.92 Å². The van der Waals surface area contributed by atoms with Crippen molar-refractivity contribution >= 4 is 16.9 Å². The summed E-state index contributed by atoms with van der Waals surface area (Å²) in [4.78, 5) is 14.2. The highest BCUT2D eigenvalue weighted by molar-refractivity contribution is 5.79. The average Bonchev–Trinajstić information content (AvgIpc) is 3.19. The molecule has 4 heteroatoms. The molecule has 2 atom stereocenters. The van der Waals surface area contributed by atoms with Crippen LogP contribution in [-0.4, -0.2) is 30.9 Å². The van der Waals surface area contributed by atoms with Crippen LogP contribution in [0.5, 0.6) is 0 Å². The number of hydrogen-bond donors (Lipinski definition) is 1. The highest BCUT2D eigenvalue weighted by Gasteiger charge is 2.22. The molecule has 3 rings (SSSR count). The van der Waals surface area contributed by atoms with E-state index in [4.69, 9.17) is 4.42 Å². The van der Waals surface area contributed by atoms with Gasteiger partial charge in [-0.2, -0.15) is 0 Å². The summed E-state index contributed by atoms with van der Waals surface area (Å²) >= 11 is 0. The topological polar surface area (TPSA) is 45.5 Å². The van der Waals surface area contributed by atoms with Gasteiger partial charge in [0.05, 0.1) is 6.04 Å². The summed E-state index contributed by atoms with van der Waals surface area (Å²) in [5.41, 5.74) is 0.877. The van der Waals surface area contributed by atoms with E-state index in [1.54, 1.807) is 4.90 Å². The lowest BCUT2D eigenvalue weighted by Crippen LogP contribution is -2.29. The Hall–Kier alpha value is -1.81. The van der Waals surface area contributed by atoms with Gasteiger partial charge in [0.2, 0.25) is 5.91 Å². The highest BCUT2D eigenvalue weighted by Crippen LogP contribution is 2.27. The fourth-order valence-electron chi connectivity index (χ4n) is 3.08. The molecule has 1 aliphatic heterocycles. The first-order chi connectivity index (χ1) is 10.6. The van der Waals surface area contributed by atoms with Gasteiger partial charge in [0.15, 0.2) is 0 Å². The summed E-state index contributed by atoms with van der Waals surface area (Å²) in [7, 11) is 1.87. The Labute approximate surface area is 131 Å². The van der Waals surface area contributed by atoms with E-state index in [0.717, 1.165) is 36.2 Å². The second-order valence-electron chi connectivity index (χ2n) is 6.26. The summed E-state index contributed by atoms with van der Waals surface area (Å²) in [6.07, 6.45) is 2.78. The highest BCUT2D eigenvalue weighted by atomic mass is 16.3. The third-order valence-electron chi connectivity index (χ3n) is 4.76. The zero-order chi connectivity index (χ0) is 15.5. The zero-order valence-corrected chi connectivity index (χ0v) is 13.3. The molecule has 1 saturated heterocycles. The van der Waals surface area contributed by atoms with Crippen LogP contribution in [0.4, 0.5) is 0 Å². The van der Waals surface area contributed by atoms with E-state index < -0.39 is 0 Å². The Balaban J connectivity index is 1.62. The van der Waals surface area contributed by atoms with Gasteiger partial charge in [-0.05, 0) is 50.9 Å². The normalized spacial score (nSPS) is 19.5. The van der Waals surface area contributed by atoms with Crippen molar-refractivity contribution < 1.29 is 9.21 Å². The predicted octanol–water partition coefficient (Wildman–Crippen LogP) is 3.34. The quantitative estimate of drug-likeness (QED) is 0.921. The van der Waals surface area contributed by atoms with Gasteiger partial charge >= 0.3 is 0 Å². The van der Waals surface area contributed by atoms with Crippen molar-refractivity contribution in [1.29, 1.82) is 0 Å². The number of nitrogens with one attached hydrogen (secondary N) is 1. The van der Waals surface area contributed by atoms with Crippen molar-refractivity contribution in [3.8, 4) is 0 Å². The molecular formula is C18H24N2O2. The van der Waals surface area contributed by atoms with Crippen LogP contribution in [0.25, 0.3) is 11.0 Å². The number of hydrogen-bond acceptors (Lipinski definition) is 3. The monoisotopic (exact) mass is 300 g/mol. The molecule has 2 aromatic rings. The van der Waals surface area contributed by atoms with Crippen molar-refractivity contribution in [1.82, 2.24) is 10.2 Å². The minimum absolute atomic E-state index is 0.0402. The number of furan rings is 1. The Bertz CT molecular complexity index is 610. The number of fused-ring (bicyclic) bond motifs is 1. The third-order valence-corrected chi connectivity index (χ3v) is 4.76. The zero-order valence-electron chi connectivity index (χ0n) is 13.3. The number of amides is 1. The molecule has 0 spiro atoms. The summed E-state index contributed by atoms with van der Waals surface area (Å²) in [5.74, 6) is 1.69. The van der Waals surface area contributed by atoms with Crippen molar-refractivity contribution in [2.45, 2.75) is 32.2 Å². The van der Waals surface area contributed by atoms with Crippen LogP contribution in [-0.2, 0) is 4.79 Å². The van der Waals surface area contributed by atoms with Crippen LogP contribution < -0.4 is 5.32 Å². The fourth-order valence-corrected chi connectivity index (χ4v) is 3.08. The largest absolute Gasteiger partial charge is 0.459 e. The van der Waals surface area contributed by atoms with Crippen molar-refractivity contribution in [3.05, 3.63) is 36.1 Å². The summed E-state index contributed by atoms with van der Waals surface area (Å²) in [6.45, 7) is 4.16. The summed E-state index contributed by atoms with van der Waals surface area (Å²) in [5, 5.41) is 4.43. The van der Waals surface area contributed by atoms with E-state index in [9.17, 15) is 4.79 Å². The number of nitrogens with zero attached hydrogens (tertiary/aromatic N) is 1. The predicted molar refractivity (Wildman–Crippen MR) is 87.6 cm³/mol. The Morgan fingerprint density at radius 3 is 3.00 bits per heavy atom. The maximum atomic E-state index is 12.4. The van der Waals surface area contributed by atoms with E-state index in [0.29, 0.717) is 12.3 Å². The van der Waals surface area contributed by atoms with Gasteiger partial charge in [-0.3, -0.25) is 4.79 Å². The Kier molecular flexibility index (Phi) is 4.48. The molecule has 4 nitrogen and oxygen atoms in total. The number of carbonyl (C=O) groups is 1. The van der Waals surface area contributed by atoms with E-state index in [1.807, 2.05) is 44.3 Å². The molecule has 0 aliphatic carbocycles. The minimum atomic E-state index is -0.0402. The molecule has 22 heavy (non-hydrogen) atoms. The fraction of sp³-hybridized carbons (Fsp3) is 0.500. The van der Waals surface area contributed by atoms with Crippen LogP contribution in [0.1, 0.15) is 38.0 Å². The number of carbonyl (C=O) groups excluding carboxylic acids is 1. The molecular weight excluding hydrogens is 276 g/mol. The lowest BCUT2D eigenvalue weighted by atomic mass is 10.0. The minimum Gasteiger partial charge on any atom is -0.459 e. The molecule has 2 unspecified atom stereocenters. The van der Waals surface area contributed by atoms with Crippen LogP contribution in [0.3, 0.4) is 0 Å². The van der Waals surface area contributed by atoms with Gasteiger partial charge in [0, 0.05) is 18.9 Å². The average molecular weight is 300 g/mol.